The molecule has 0 aromatic carbocycles. The summed E-state index contributed by atoms with van der Waals surface area (Å²) >= 11 is 0. The molecule has 60 heavy (non-hydrogen) atoms. The number of rotatable bonds is 37. The van der Waals surface area contributed by atoms with Crippen molar-refractivity contribution in [1.82, 2.24) is 5.32 Å². The summed E-state index contributed by atoms with van der Waals surface area (Å²) < 4.78 is 22.5. The van der Waals surface area contributed by atoms with Gasteiger partial charge in [-0.2, -0.15) is 0 Å². The monoisotopic (exact) mass is 864 g/mol. The summed E-state index contributed by atoms with van der Waals surface area (Å²) in [5.41, 5.74) is 0. The molecule has 9 N–H and O–H groups in total. The minimum Gasteiger partial charge on any atom is -0.394 e. The summed E-state index contributed by atoms with van der Waals surface area (Å²) in [5.74, 6) is -0.258. The van der Waals surface area contributed by atoms with E-state index in [9.17, 15) is 45.6 Å². The van der Waals surface area contributed by atoms with Crippen LogP contribution in [0.3, 0.4) is 0 Å². The lowest BCUT2D eigenvalue weighted by molar-refractivity contribution is -0.359. The highest BCUT2D eigenvalue weighted by Crippen LogP contribution is 2.30. The summed E-state index contributed by atoms with van der Waals surface area (Å²) in [6.45, 7) is 2.50. The minimum atomic E-state index is -1.78. The number of aliphatic hydroxyl groups excluding tert-OH is 8. The number of ether oxygens (including phenoxy) is 4. The van der Waals surface area contributed by atoms with E-state index in [2.05, 4.69) is 12.2 Å². The van der Waals surface area contributed by atoms with E-state index in [1.165, 1.54) is 135 Å². The molecule has 0 aromatic heterocycles. The number of carbonyl (C=O) groups is 1. The predicted octanol–water partition coefficient (Wildman–Crippen LogP) is 5.44. The third-order valence-corrected chi connectivity index (χ3v) is 12.3. The topological polar surface area (TPSA) is 228 Å². The average Bonchev–Trinajstić information content (AvgIpc) is 3.24. The molecule has 14 heteroatoms. The Morgan fingerprint density at radius 3 is 1.38 bits per heavy atom. The largest absolute Gasteiger partial charge is 0.394 e. The summed E-state index contributed by atoms with van der Waals surface area (Å²) in [5, 5.41) is 85.8. The predicted molar refractivity (Wildman–Crippen MR) is 231 cm³/mol. The highest BCUT2D eigenvalue weighted by Gasteiger charge is 2.51. The molecule has 2 saturated heterocycles. The van der Waals surface area contributed by atoms with Crippen LogP contribution in [0.15, 0.2) is 0 Å². The van der Waals surface area contributed by atoms with E-state index in [4.69, 9.17) is 18.9 Å². The summed E-state index contributed by atoms with van der Waals surface area (Å²) in [6.07, 6.45) is 17.5. The fraction of sp³-hybridized carbons (Fsp3) is 0.978. The van der Waals surface area contributed by atoms with Crippen LogP contribution in [0.2, 0.25) is 0 Å². The van der Waals surface area contributed by atoms with Crippen LogP contribution >= 0.6 is 0 Å². The zero-order valence-corrected chi connectivity index (χ0v) is 37.5. The minimum absolute atomic E-state index is 0.249. The molecule has 1 amide bonds. The highest BCUT2D eigenvalue weighted by molar-refractivity contribution is 5.76. The van der Waals surface area contributed by atoms with E-state index in [1.54, 1.807) is 0 Å². The van der Waals surface area contributed by atoms with Gasteiger partial charge in [0.05, 0.1) is 32.0 Å². The molecular weight excluding hydrogens is 775 g/mol. The lowest BCUT2D eigenvalue weighted by Gasteiger charge is -2.46. The number of unbranched alkanes of at least 4 members (excludes halogenated alkanes) is 24. The second kappa shape index (κ2) is 34.4. The van der Waals surface area contributed by atoms with Crippen molar-refractivity contribution in [3.05, 3.63) is 0 Å². The number of nitrogens with one attached hydrogen (secondary N) is 1. The van der Waals surface area contributed by atoms with Crippen LogP contribution < -0.4 is 5.32 Å². The second-order valence-corrected chi connectivity index (χ2v) is 17.6. The summed E-state index contributed by atoms with van der Waals surface area (Å²) in [4.78, 5) is 12.5. The first-order valence-corrected chi connectivity index (χ1v) is 24.3. The van der Waals surface area contributed by atoms with Crippen LogP contribution in [0.25, 0.3) is 0 Å². The number of carbonyl (C=O) groups excluding carboxylic acids is 1. The van der Waals surface area contributed by atoms with Crippen LogP contribution in [0, 0.1) is 0 Å². The average molecular weight is 864 g/mol. The summed E-state index contributed by atoms with van der Waals surface area (Å²) in [7, 11) is 0. The van der Waals surface area contributed by atoms with Crippen molar-refractivity contribution < 1.29 is 64.6 Å². The van der Waals surface area contributed by atoms with Gasteiger partial charge in [-0.15, -0.1) is 0 Å². The molecule has 2 heterocycles. The van der Waals surface area contributed by atoms with Gasteiger partial charge >= 0.3 is 0 Å². The molecule has 14 nitrogen and oxygen atoms in total. The Kier molecular flexibility index (Phi) is 31.6. The van der Waals surface area contributed by atoms with Gasteiger partial charge in [0.1, 0.15) is 48.8 Å². The van der Waals surface area contributed by atoms with Crippen LogP contribution in [-0.2, 0) is 23.7 Å². The first kappa shape index (κ1) is 55.1. The van der Waals surface area contributed by atoms with Crippen molar-refractivity contribution in [2.24, 2.45) is 0 Å². The van der Waals surface area contributed by atoms with Gasteiger partial charge in [-0.3, -0.25) is 4.79 Å². The van der Waals surface area contributed by atoms with Crippen molar-refractivity contribution in [3.63, 3.8) is 0 Å². The molecule has 0 aliphatic carbocycles. The fourth-order valence-electron chi connectivity index (χ4n) is 8.34. The van der Waals surface area contributed by atoms with E-state index in [-0.39, 0.29) is 18.9 Å². The Bertz CT molecular complexity index is 1020. The van der Waals surface area contributed by atoms with E-state index >= 15 is 0 Å². The van der Waals surface area contributed by atoms with Crippen LogP contribution in [0.1, 0.15) is 194 Å². The molecule has 0 spiro atoms. The van der Waals surface area contributed by atoms with E-state index in [1.807, 2.05) is 6.92 Å². The van der Waals surface area contributed by atoms with E-state index in [0.29, 0.717) is 12.8 Å². The maximum absolute atomic E-state index is 12.5. The van der Waals surface area contributed by atoms with Gasteiger partial charge in [0.15, 0.2) is 12.6 Å². The number of hydrogen-bond donors (Lipinski definition) is 9. The summed E-state index contributed by atoms with van der Waals surface area (Å²) in [6, 6.07) is -0.818. The first-order chi connectivity index (χ1) is 29.1. The van der Waals surface area contributed by atoms with Crippen LogP contribution in [0.4, 0.5) is 0 Å². The van der Waals surface area contributed by atoms with Gasteiger partial charge in [-0.1, -0.05) is 174 Å². The Morgan fingerprint density at radius 2 is 0.950 bits per heavy atom. The Hall–Kier alpha value is -1.01. The van der Waals surface area contributed by atoms with Crippen LogP contribution in [-0.4, -0.2) is 140 Å². The second-order valence-electron chi connectivity index (χ2n) is 17.6. The van der Waals surface area contributed by atoms with Gasteiger partial charge in [-0.05, 0) is 12.8 Å². The SMILES string of the molecule is CCCCCCCCCCCCCCCCCCCCCCCCCCCC(O)C(COC1OC(CO)C(OC2OC(CO)C(O)C(O)C2O)C(O)C1O)NC(=O)CCC. The molecule has 2 fully saturated rings. The first-order valence-electron chi connectivity index (χ1n) is 24.3. The molecule has 2 aliphatic heterocycles. The smallest absolute Gasteiger partial charge is 0.220 e. The lowest BCUT2D eigenvalue weighted by atomic mass is 9.97. The zero-order valence-electron chi connectivity index (χ0n) is 37.5. The molecule has 2 rings (SSSR count). The van der Waals surface area contributed by atoms with Crippen molar-refractivity contribution in [1.29, 1.82) is 0 Å². The number of hydrogen-bond acceptors (Lipinski definition) is 13. The van der Waals surface area contributed by atoms with Gasteiger partial charge in [0.2, 0.25) is 5.91 Å². The fourth-order valence-corrected chi connectivity index (χ4v) is 8.34. The maximum Gasteiger partial charge on any atom is 0.220 e. The van der Waals surface area contributed by atoms with E-state index in [0.717, 1.165) is 25.7 Å². The maximum atomic E-state index is 12.5. The number of amides is 1. The third-order valence-electron chi connectivity index (χ3n) is 12.3. The van der Waals surface area contributed by atoms with Crippen molar-refractivity contribution in [2.75, 3.05) is 19.8 Å². The molecule has 0 saturated carbocycles. The van der Waals surface area contributed by atoms with Crippen molar-refractivity contribution >= 4 is 5.91 Å². The Morgan fingerprint density at radius 1 is 0.533 bits per heavy atom. The third kappa shape index (κ3) is 22.1. The lowest BCUT2D eigenvalue weighted by Crippen LogP contribution is -2.65. The molecule has 12 unspecified atom stereocenters. The molecule has 12 atom stereocenters. The standard InChI is InChI=1S/C46H89NO13/c1-3-5-6-7-8-9-10-11-12-13-14-15-16-17-18-19-20-21-22-23-24-25-26-27-28-30-35(50)34(47-38(51)29-4-2)33-57-45-43(56)41(54)44(37(32-49)59-45)60-46-42(55)40(53)39(52)36(31-48)58-46/h34-37,39-46,48-50,52-56H,3-33H2,1-2H3,(H,47,51). The Balaban J connectivity index is 1.58. The van der Waals surface area contributed by atoms with Crippen molar-refractivity contribution in [2.45, 2.75) is 267 Å². The molecule has 0 bridgehead atoms. The molecule has 356 valence electrons. The van der Waals surface area contributed by atoms with Gasteiger partial charge in [0.25, 0.3) is 0 Å². The van der Waals surface area contributed by atoms with Gasteiger partial charge in [0, 0.05) is 6.42 Å². The molecular formula is C46H89NO13. The molecule has 2 aliphatic rings. The van der Waals surface area contributed by atoms with E-state index < -0.39 is 86.8 Å². The van der Waals surface area contributed by atoms with Gasteiger partial charge in [-0.25, -0.2) is 0 Å². The Labute approximate surface area is 362 Å². The highest BCUT2D eigenvalue weighted by atomic mass is 16.7. The quantitative estimate of drug-likeness (QED) is 0.0356. The normalized spacial score (nSPS) is 28.2. The molecule has 0 radical (unpaired) electrons. The van der Waals surface area contributed by atoms with Crippen LogP contribution in [0.5, 0.6) is 0 Å². The molecule has 0 aromatic rings. The van der Waals surface area contributed by atoms with Gasteiger partial charge < -0.3 is 65.1 Å². The number of aliphatic hydroxyl groups is 8. The zero-order chi connectivity index (χ0) is 44.0. The van der Waals surface area contributed by atoms with Crippen molar-refractivity contribution in [3.8, 4) is 0 Å².